The van der Waals surface area contributed by atoms with Gasteiger partial charge in [-0.25, -0.2) is 4.79 Å². The molecule has 4 aliphatic rings. The van der Waals surface area contributed by atoms with E-state index >= 15 is 0 Å². The Bertz CT molecular complexity index is 1940. The number of carbonyl (C=O) groups excluding carboxylic acids is 4. The number of fused-ring (bicyclic) bond motifs is 3. The molecule has 0 radical (unpaired) electrons. The average molecular weight is 1010 g/mol. The number of piperidine rings is 1. The molecule has 2 saturated heterocycles. The van der Waals surface area contributed by atoms with E-state index in [1.165, 1.54) is 12.0 Å². The lowest BCUT2D eigenvalue weighted by Gasteiger charge is -2.43. The van der Waals surface area contributed by atoms with Crippen LogP contribution in [0.15, 0.2) is 47.6 Å². The van der Waals surface area contributed by atoms with E-state index in [1.807, 2.05) is 65.0 Å². The van der Waals surface area contributed by atoms with Crippen molar-refractivity contribution in [3.8, 4) is 11.8 Å². The first-order valence-electron chi connectivity index (χ1n) is 26.7. The van der Waals surface area contributed by atoms with Crippen LogP contribution in [-0.4, -0.2) is 150 Å². The first-order valence-corrected chi connectivity index (χ1v) is 26.7. The molecule has 1 amide bonds. The first kappa shape index (κ1) is 61.0. The van der Waals surface area contributed by atoms with Crippen molar-refractivity contribution in [2.45, 2.75) is 200 Å². The van der Waals surface area contributed by atoms with Crippen molar-refractivity contribution in [2.75, 3.05) is 40.6 Å². The first-order chi connectivity index (χ1) is 34.3. The van der Waals surface area contributed by atoms with Crippen molar-refractivity contribution in [1.82, 2.24) is 4.90 Å². The van der Waals surface area contributed by atoms with Gasteiger partial charge >= 0.3 is 5.97 Å². The minimum atomic E-state index is -2.46. The Hall–Kier alpha value is -3.56. The SMILES string of the molecule is CCC#CCOC1CC2CCC(C)C(O)(O2)C(=O)C(=O)N2CCCCC2C(=O)OC(C(C)CC2CCC(OCCO)C(OC)C2)C[C@H](O)C(C)/C=C(\C)C(O)C(OC)C(=O)C(C)CC(C)/C=C/C=C/C=C/1C. The summed E-state index contributed by atoms with van der Waals surface area (Å²) >= 11 is 0. The molecular weight excluding hydrogens is 923 g/mol. The fourth-order valence-electron chi connectivity index (χ4n) is 10.9. The number of methoxy groups -OCH3 is 2. The molecule has 15 heteroatoms. The van der Waals surface area contributed by atoms with Gasteiger partial charge in [0.05, 0.1) is 43.7 Å². The van der Waals surface area contributed by atoms with Crippen molar-refractivity contribution in [1.29, 1.82) is 0 Å². The molecule has 15 nitrogen and oxygen atoms in total. The highest BCUT2D eigenvalue weighted by atomic mass is 16.6. The van der Waals surface area contributed by atoms with Gasteiger partial charge in [-0.05, 0) is 107 Å². The Morgan fingerprint density at radius 3 is 2.31 bits per heavy atom. The number of aliphatic hydroxyl groups is 4. The Morgan fingerprint density at radius 1 is 0.861 bits per heavy atom. The minimum absolute atomic E-state index is 0.0103. The predicted octanol–water partition coefficient (Wildman–Crippen LogP) is 6.77. The second-order valence-electron chi connectivity index (χ2n) is 21.1. The topological polar surface area (TPSA) is 208 Å². The summed E-state index contributed by atoms with van der Waals surface area (Å²) in [6.45, 7) is 15.2. The summed E-state index contributed by atoms with van der Waals surface area (Å²) in [4.78, 5) is 58.5. The third-order valence-electron chi connectivity index (χ3n) is 15.4. The third kappa shape index (κ3) is 17.2. The normalized spacial score (nSPS) is 38.4. The maximum Gasteiger partial charge on any atom is 0.329 e. The summed E-state index contributed by atoms with van der Waals surface area (Å²) in [6, 6.07) is -1.13. The molecule has 3 aliphatic heterocycles. The van der Waals surface area contributed by atoms with E-state index in [1.54, 1.807) is 34.0 Å². The van der Waals surface area contributed by atoms with E-state index in [2.05, 4.69) is 11.8 Å². The van der Waals surface area contributed by atoms with Gasteiger partial charge in [0.1, 0.15) is 31.0 Å². The van der Waals surface area contributed by atoms with Gasteiger partial charge in [0, 0.05) is 57.8 Å². The van der Waals surface area contributed by atoms with Crippen LogP contribution >= 0.6 is 0 Å². The highest BCUT2D eigenvalue weighted by Crippen LogP contribution is 2.38. The quantitative estimate of drug-likeness (QED) is 0.0771. The molecule has 0 aromatic carbocycles. The molecular formula is C57H89NO14. The highest BCUT2D eigenvalue weighted by molar-refractivity contribution is 6.39. The fraction of sp³-hybridized carbons (Fsp3) is 0.754. The van der Waals surface area contributed by atoms with Gasteiger partial charge in [0.25, 0.3) is 11.7 Å². The Balaban J connectivity index is 1.72. The second kappa shape index (κ2) is 30.1. The number of allylic oxidation sites excluding steroid dienone is 5. The van der Waals surface area contributed by atoms with Gasteiger partial charge in [-0.3, -0.25) is 14.4 Å². The number of ketones is 2. The summed E-state index contributed by atoms with van der Waals surface area (Å²) < 4.78 is 36.3. The zero-order valence-corrected chi connectivity index (χ0v) is 45.0. The molecule has 1 saturated carbocycles. The van der Waals surface area contributed by atoms with Crippen LogP contribution in [0.2, 0.25) is 0 Å². The number of Topliss-reactive ketones (excluding diaryl/α,β-unsaturated/α-hetero) is 2. The lowest BCUT2D eigenvalue weighted by molar-refractivity contribution is -0.265. The van der Waals surface area contributed by atoms with Crippen LogP contribution in [0.4, 0.5) is 0 Å². The van der Waals surface area contributed by atoms with Gasteiger partial charge in [0.2, 0.25) is 5.79 Å². The summed E-state index contributed by atoms with van der Waals surface area (Å²) in [5.41, 5.74) is 1.30. The fourth-order valence-corrected chi connectivity index (χ4v) is 10.9. The molecule has 2 bridgehead atoms. The largest absolute Gasteiger partial charge is 0.460 e. The van der Waals surface area contributed by atoms with Crippen molar-refractivity contribution >= 4 is 23.4 Å². The molecule has 16 atom stereocenters. The molecule has 0 spiro atoms. The Kier molecular flexibility index (Phi) is 25.5. The summed E-state index contributed by atoms with van der Waals surface area (Å²) in [5.74, 6) is -1.36. The number of ether oxygens (including phenoxy) is 6. The summed E-state index contributed by atoms with van der Waals surface area (Å²) in [7, 11) is 3.04. The Morgan fingerprint density at radius 2 is 1.61 bits per heavy atom. The van der Waals surface area contributed by atoms with Crippen molar-refractivity contribution < 1.29 is 68.0 Å². The van der Waals surface area contributed by atoms with E-state index in [0.29, 0.717) is 63.4 Å². The van der Waals surface area contributed by atoms with Gasteiger partial charge < -0.3 is 53.7 Å². The van der Waals surface area contributed by atoms with Crippen LogP contribution in [0.25, 0.3) is 0 Å². The van der Waals surface area contributed by atoms with Crippen LogP contribution in [0.5, 0.6) is 0 Å². The minimum Gasteiger partial charge on any atom is -0.460 e. The molecule has 0 aromatic rings. The number of rotatable bonds is 10. The average Bonchev–Trinajstić information content (AvgIpc) is 3.36. The molecule has 0 aromatic heterocycles. The molecule has 1 aliphatic carbocycles. The second-order valence-corrected chi connectivity index (χ2v) is 21.1. The van der Waals surface area contributed by atoms with Crippen molar-refractivity contribution in [3.05, 3.63) is 47.6 Å². The van der Waals surface area contributed by atoms with Gasteiger partial charge in [-0.15, -0.1) is 5.92 Å². The molecule has 72 heavy (non-hydrogen) atoms. The molecule has 4 N–H and O–H groups in total. The molecule has 3 fully saturated rings. The van der Waals surface area contributed by atoms with Gasteiger partial charge in [-0.1, -0.05) is 83.9 Å². The van der Waals surface area contributed by atoms with E-state index < -0.39 is 83.9 Å². The number of nitrogens with zero attached hydrogens (tertiary/aromatic N) is 1. The van der Waals surface area contributed by atoms with E-state index in [4.69, 9.17) is 28.4 Å². The standard InChI is InChI=1S/C57H89NO14/c1-11-12-18-28-69-48-34-44-24-22-42(8)57(66,72-44)54(63)55(64)58-26-17-16-21-45(58)56(65)71-49(39(5)32-43-23-25-47(70-29-27-59)50(33-43)67-9)35-46(60)38(4)31-41(7)52(62)53(68-10)51(61)40(6)30-36(2)19-14-13-15-20-37(48)3/h13-15,19-20,31,36,38-40,42-50,52-53,59-60,62,66H,11,16-17,21-30,32-35H2,1-10H3/b15-13+,19-14+,37-20+,41-31+/t36?,38?,39?,40?,42?,43?,44?,45?,46-,47?,48?,49?,50?,52?,53?,57?/m0/s1. The lowest BCUT2D eigenvalue weighted by atomic mass is 9.78. The monoisotopic (exact) mass is 1010 g/mol. The Labute approximate surface area is 430 Å². The number of cyclic esters (lactones) is 1. The summed E-state index contributed by atoms with van der Waals surface area (Å²) in [6.07, 6.45) is 12.0. The smallest absolute Gasteiger partial charge is 0.329 e. The molecule has 15 unspecified atom stereocenters. The zero-order chi connectivity index (χ0) is 53.1. The zero-order valence-electron chi connectivity index (χ0n) is 45.0. The predicted molar refractivity (Wildman–Crippen MR) is 274 cm³/mol. The maximum atomic E-state index is 14.6. The van der Waals surface area contributed by atoms with Crippen LogP contribution in [0.1, 0.15) is 139 Å². The number of esters is 1. The maximum absolute atomic E-state index is 14.6. The number of hydrogen-bond acceptors (Lipinski definition) is 14. The van der Waals surface area contributed by atoms with Crippen LogP contribution in [0, 0.1) is 47.3 Å². The van der Waals surface area contributed by atoms with E-state index in [0.717, 1.165) is 12.0 Å². The highest BCUT2D eigenvalue weighted by Gasteiger charge is 2.53. The van der Waals surface area contributed by atoms with Crippen LogP contribution in [-0.2, 0) is 47.6 Å². The number of aliphatic hydroxyl groups excluding tert-OH is 3. The van der Waals surface area contributed by atoms with Crippen molar-refractivity contribution in [2.24, 2.45) is 35.5 Å². The number of carbonyl (C=O) groups is 4. The molecule has 406 valence electrons. The van der Waals surface area contributed by atoms with E-state index in [-0.39, 0.29) is 81.4 Å². The summed E-state index contributed by atoms with van der Waals surface area (Å²) in [5, 5.41) is 45.0. The van der Waals surface area contributed by atoms with Gasteiger partial charge in [0.15, 0.2) is 5.78 Å². The molecule has 4 rings (SSSR count). The third-order valence-corrected chi connectivity index (χ3v) is 15.4. The van der Waals surface area contributed by atoms with E-state index in [9.17, 15) is 39.6 Å². The number of amides is 1. The van der Waals surface area contributed by atoms with Crippen LogP contribution in [0.3, 0.4) is 0 Å². The van der Waals surface area contributed by atoms with Crippen molar-refractivity contribution in [3.63, 3.8) is 0 Å². The van der Waals surface area contributed by atoms with Gasteiger partial charge in [-0.2, -0.15) is 0 Å². The van der Waals surface area contributed by atoms with Crippen LogP contribution < -0.4 is 0 Å². The number of hydrogen-bond donors (Lipinski definition) is 4. The molecule has 3 heterocycles. The lowest BCUT2D eigenvalue weighted by Crippen LogP contribution is -2.61.